The highest BCUT2D eigenvalue weighted by Crippen LogP contribution is 2.30. The Morgan fingerprint density at radius 1 is 0.340 bits per heavy atom. The second-order valence-electron chi connectivity index (χ2n) is 28.1. The van der Waals surface area contributed by atoms with E-state index in [1.807, 2.05) is 70.3 Å². The predicted octanol–water partition coefficient (Wildman–Crippen LogP) is 8.83. The van der Waals surface area contributed by atoms with Crippen molar-refractivity contribution in [3.05, 3.63) is 83.4 Å². The van der Waals surface area contributed by atoms with Gasteiger partial charge < -0.3 is 47.2 Å². The van der Waals surface area contributed by atoms with E-state index in [1.54, 1.807) is 32.8 Å². The van der Waals surface area contributed by atoms with Crippen LogP contribution in [-0.2, 0) is 0 Å². The van der Waals surface area contributed by atoms with Gasteiger partial charge >= 0.3 is 0 Å². The summed E-state index contributed by atoms with van der Waals surface area (Å²) in [5, 5.41) is 16.6. The third-order valence-corrected chi connectivity index (χ3v) is 20.2. The van der Waals surface area contributed by atoms with Gasteiger partial charge in [0.15, 0.2) is 0 Å². The lowest BCUT2D eigenvalue weighted by atomic mass is 10.0. The Bertz CT molecular complexity index is 3750. The molecule has 0 aliphatic carbocycles. The SMILES string of the molecule is COc1cc(-c2nc(N3CCC(N4CCN(C(C)C)CC4)CC3)no2)ncc1C.COc1cc(-c2nc(N3CCN(C(C)C)CC3)no2)ncc1C.Cc1ccc(-c2nc(N3CCC(N4CCN(C(C)C)CC4)CC3)no2)nc1.Cc1ccc(-c2nc(N3CCN(C(C)C)CC3)no2)nc1. The zero-order valence-corrected chi connectivity index (χ0v) is 61.5. The molecule has 6 aliphatic heterocycles. The number of aromatic nitrogens is 12. The van der Waals surface area contributed by atoms with Gasteiger partial charge in [-0.05, 0) is 153 Å². The smallest absolute Gasteiger partial charge is 0.278 e. The Morgan fingerprint density at radius 3 is 0.880 bits per heavy atom. The number of hydrogen-bond acceptors (Lipinski definition) is 28. The molecular formula is C72H106N22O6. The summed E-state index contributed by atoms with van der Waals surface area (Å²) in [5.74, 6) is 6.01. The van der Waals surface area contributed by atoms with E-state index in [0.29, 0.717) is 95.0 Å². The van der Waals surface area contributed by atoms with Gasteiger partial charge in [0.2, 0.25) is 0 Å². The van der Waals surface area contributed by atoms with E-state index < -0.39 is 0 Å². The number of ether oxygens (including phenoxy) is 2. The van der Waals surface area contributed by atoms with Crippen molar-refractivity contribution in [2.75, 3.05) is 165 Å². The lowest BCUT2D eigenvalue weighted by Crippen LogP contribution is -2.54. The molecule has 0 unspecified atom stereocenters. The highest BCUT2D eigenvalue weighted by Gasteiger charge is 2.33. The van der Waals surface area contributed by atoms with Crippen LogP contribution in [0.3, 0.4) is 0 Å². The van der Waals surface area contributed by atoms with Crippen molar-refractivity contribution in [3.63, 3.8) is 0 Å². The molecule has 6 saturated heterocycles. The number of methoxy groups -OCH3 is 2. The number of nitrogens with zero attached hydrogens (tertiary/aromatic N) is 22. The van der Waals surface area contributed by atoms with Crippen molar-refractivity contribution >= 4 is 23.8 Å². The summed E-state index contributed by atoms with van der Waals surface area (Å²) < 4.78 is 32.3. The maximum absolute atomic E-state index is 5.48. The van der Waals surface area contributed by atoms with Gasteiger partial charge in [-0.1, -0.05) is 12.1 Å². The molecule has 0 radical (unpaired) electrons. The zero-order chi connectivity index (χ0) is 70.4. The van der Waals surface area contributed by atoms with Crippen LogP contribution in [0.25, 0.3) is 46.3 Å². The molecule has 14 heterocycles. The lowest BCUT2D eigenvalue weighted by molar-refractivity contribution is 0.0691. The van der Waals surface area contributed by atoms with Crippen molar-refractivity contribution in [1.29, 1.82) is 0 Å². The molecule has 0 spiro atoms. The van der Waals surface area contributed by atoms with Crippen LogP contribution in [0.5, 0.6) is 11.5 Å². The van der Waals surface area contributed by atoms with Crippen LogP contribution in [0.4, 0.5) is 23.8 Å². The Morgan fingerprint density at radius 2 is 0.610 bits per heavy atom. The minimum absolute atomic E-state index is 0.421. The van der Waals surface area contributed by atoms with E-state index in [-0.39, 0.29) is 0 Å². The zero-order valence-electron chi connectivity index (χ0n) is 61.5. The van der Waals surface area contributed by atoms with Crippen LogP contribution >= 0.6 is 0 Å². The molecule has 0 amide bonds. The second kappa shape index (κ2) is 34.4. The van der Waals surface area contributed by atoms with Gasteiger partial charge in [0.1, 0.15) is 34.3 Å². The van der Waals surface area contributed by atoms with Crippen molar-refractivity contribution in [3.8, 4) is 57.8 Å². The Labute approximate surface area is 589 Å². The average molecular weight is 1380 g/mol. The molecule has 540 valence electrons. The number of piperidine rings is 2. The first kappa shape index (κ1) is 73.0. The van der Waals surface area contributed by atoms with E-state index in [2.05, 4.69) is 165 Å². The average Bonchev–Trinajstić information content (AvgIpc) is 1.71. The van der Waals surface area contributed by atoms with Crippen molar-refractivity contribution in [2.24, 2.45) is 0 Å². The second-order valence-corrected chi connectivity index (χ2v) is 28.1. The van der Waals surface area contributed by atoms with Crippen LogP contribution in [0, 0.1) is 27.7 Å². The summed E-state index contributed by atoms with van der Waals surface area (Å²) in [6.45, 7) is 47.1. The molecule has 0 aromatic carbocycles. The van der Waals surface area contributed by atoms with Gasteiger partial charge in [-0.3, -0.25) is 49.3 Å². The van der Waals surface area contributed by atoms with E-state index in [9.17, 15) is 0 Å². The van der Waals surface area contributed by atoms with Gasteiger partial charge in [-0.2, -0.15) is 19.9 Å². The normalized spacial score (nSPS) is 18.5. The Kier molecular flexibility index (Phi) is 25.1. The number of anilines is 4. The molecule has 28 heteroatoms. The first-order valence-corrected chi connectivity index (χ1v) is 36.0. The van der Waals surface area contributed by atoms with Gasteiger partial charge in [-0.25, -0.2) is 0 Å². The highest BCUT2D eigenvalue weighted by molar-refractivity contribution is 5.55. The molecule has 0 saturated carbocycles. The predicted molar refractivity (Wildman–Crippen MR) is 387 cm³/mol. The number of piperazine rings is 4. The fourth-order valence-corrected chi connectivity index (χ4v) is 13.6. The van der Waals surface area contributed by atoms with E-state index in [1.165, 1.54) is 52.4 Å². The molecule has 8 aromatic heterocycles. The summed E-state index contributed by atoms with van der Waals surface area (Å²) in [4.78, 5) is 59.7. The van der Waals surface area contributed by atoms with Crippen LogP contribution in [0.1, 0.15) is 103 Å². The largest absolute Gasteiger partial charge is 0.496 e. The van der Waals surface area contributed by atoms with Gasteiger partial charge in [-0.15, -0.1) is 0 Å². The van der Waals surface area contributed by atoms with Gasteiger partial charge in [0, 0.05) is 215 Å². The standard InChI is InChI=1S/C21H32N6O2.C20H30N6O.C16H23N5O2.C15H21N5O/c1-15(2)25-9-11-26(12-10-25)17-5-7-27(8-6-17)21-23-20(29-24-21)18-13-19(28-4)16(3)14-22-18;1-15(2)24-10-12-25(13-11-24)17-6-8-26(9-7-17)20-22-19(27-23-20)18-5-4-16(3)14-21-18;1-11(2)20-5-7-21(8-6-20)16-18-15(23-19-16)13-9-14(22-4)12(3)10-17-13;1-11(2)19-6-8-20(9-7-19)15-17-14(21-18-15)13-5-4-12(3)10-16-13/h13-15,17H,5-12H2,1-4H3;4-5,14-15,17H,6-13H2,1-3H3;9-11H,5-8H2,1-4H3;4-5,10-11H,6-9H2,1-3H3. The monoisotopic (exact) mass is 1370 g/mol. The highest BCUT2D eigenvalue weighted by atomic mass is 16.5. The maximum atomic E-state index is 5.48. The third-order valence-electron chi connectivity index (χ3n) is 20.2. The molecule has 0 atom stereocenters. The quantitative estimate of drug-likeness (QED) is 0.0875. The molecule has 0 bridgehead atoms. The summed E-state index contributed by atoms with van der Waals surface area (Å²) in [6.07, 6.45) is 11.7. The minimum Gasteiger partial charge on any atom is -0.496 e. The number of pyridine rings is 4. The first-order valence-electron chi connectivity index (χ1n) is 36.0. The molecule has 6 fully saturated rings. The van der Waals surface area contributed by atoms with Gasteiger partial charge in [0.25, 0.3) is 47.4 Å². The van der Waals surface area contributed by atoms with Crippen molar-refractivity contribution < 1.29 is 27.6 Å². The molecule has 100 heavy (non-hydrogen) atoms. The first-order chi connectivity index (χ1) is 48.4. The summed E-state index contributed by atoms with van der Waals surface area (Å²) in [7, 11) is 3.29. The van der Waals surface area contributed by atoms with E-state index in [4.69, 9.17) is 27.6 Å². The van der Waals surface area contributed by atoms with Crippen LogP contribution < -0.4 is 29.1 Å². The maximum Gasteiger partial charge on any atom is 0.278 e. The molecule has 28 nitrogen and oxygen atoms in total. The number of hydrogen-bond donors (Lipinski definition) is 0. The van der Waals surface area contributed by atoms with E-state index in [0.717, 1.165) is 149 Å². The summed E-state index contributed by atoms with van der Waals surface area (Å²) in [5.41, 5.74) is 6.92. The Balaban J connectivity index is 0.000000135. The van der Waals surface area contributed by atoms with Crippen LogP contribution in [0.15, 0.2) is 79.3 Å². The van der Waals surface area contributed by atoms with Crippen LogP contribution in [-0.4, -0.2) is 271 Å². The molecule has 14 rings (SSSR count). The van der Waals surface area contributed by atoms with Crippen LogP contribution in [0.2, 0.25) is 0 Å². The third kappa shape index (κ3) is 18.8. The molecular weight excluding hydrogens is 1270 g/mol. The number of rotatable bonds is 16. The summed E-state index contributed by atoms with van der Waals surface area (Å²) in [6, 6.07) is 15.3. The molecule has 8 aromatic rings. The minimum atomic E-state index is 0.421. The topological polar surface area (TPSA) is 258 Å². The fraction of sp³-hybridized carbons (Fsp3) is 0.611. The van der Waals surface area contributed by atoms with Crippen molar-refractivity contribution in [2.45, 2.75) is 145 Å². The fourth-order valence-electron chi connectivity index (χ4n) is 13.6. The Hall–Kier alpha value is -8.28. The molecule has 0 N–H and O–H groups in total. The molecule has 6 aliphatic rings. The van der Waals surface area contributed by atoms with Gasteiger partial charge in [0.05, 0.1) is 14.2 Å². The van der Waals surface area contributed by atoms with E-state index >= 15 is 0 Å². The summed E-state index contributed by atoms with van der Waals surface area (Å²) >= 11 is 0. The van der Waals surface area contributed by atoms with Crippen molar-refractivity contribution in [1.82, 2.24) is 89.9 Å². The lowest BCUT2D eigenvalue weighted by Gasteiger charge is -2.43. The number of aryl methyl sites for hydroxylation is 4.